The minimum atomic E-state index is -4.59. The Kier molecular flexibility index (Phi) is 6.29. The second kappa shape index (κ2) is 7.72. The molecule has 3 rings (SSSR count). The lowest BCUT2D eigenvalue weighted by atomic mass is 10.1. The number of aliphatic hydroxyl groups is 2. The molecule has 0 aromatic heterocycles. The Morgan fingerprint density at radius 3 is 1.88 bits per heavy atom. The van der Waals surface area contributed by atoms with E-state index in [-0.39, 0.29) is 6.61 Å². The summed E-state index contributed by atoms with van der Waals surface area (Å²) in [5.74, 6) is 0. The minimum absolute atomic E-state index is 0.357. The highest BCUT2D eigenvalue weighted by Crippen LogP contribution is 2.52. The van der Waals surface area contributed by atoms with E-state index in [1.54, 1.807) is 13.8 Å². The van der Waals surface area contributed by atoms with Crippen LogP contribution in [-0.4, -0.2) is 82.0 Å². The summed E-state index contributed by atoms with van der Waals surface area (Å²) in [6.45, 7) is -1.53. The molecule has 0 bridgehead atoms. The van der Waals surface area contributed by atoms with Gasteiger partial charge >= 0.3 is 14.5 Å². The Morgan fingerprint density at radius 1 is 0.885 bits per heavy atom. The Morgan fingerprint density at radius 2 is 1.35 bits per heavy atom. The molecule has 10 atom stereocenters. The van der Waals surface area contributed by atoms with Crippen molar-refractivity contribution in [3.05, 3.63) is 0 Å². The Bertz CT molecular complexity index is 568. The van der Waals surface area contributed by atoms with Crippen LogP contribution in [0.2, 0.25) is 0 Å². The molecular formula is C12H22O11P2S. The summed E-state index contributed by atoms with van der Waals surface area (Å²) in [7, 11) is -4.59. The highest BCUT2D eigenvalue weighted by Gasteiger charge is 2.50. The molecule has 0 aliphatic carbocycles. The van der Waals surface area contributed by atoms with E-state index in [0.717, 1.165) is 0 Å². The van der Waals surface area contributed by atoms with Crippen molar-refractivity contribution in [1.82, 2.24) is 0 Å². The van der Waals surface area contributed by atoms with Crippen molar-refractivity contribution in [1.29, 1.82) is 0 Å². The van der Waals surface area contributed by atoms with Gasteiger partial charge in [-0.15, -0.1) is 0 Å². The molecule has 3 saturated heterocycles. The fraction of sp³-hybridized carbons (Fsp3) is 1.00. The fourth-order valence-electron chi connectivity index (χ4n) is 3.07. The average molecular weight is 436 g/mol. The van der Waals surface area contributed by atoms with Gasteiger partial charge in [-0.1, -0.05) is 0 Å². The van der Waals surface area contributed by atoms with Gasteiger partial charge in [0, 0.05) is 0 Å². The zero-order chi connectivity index (χ0) is 19.3. The summed E-state index contributed by atoms with van der Waals surface area (Å²) in [4.78, 5) is 20.2. The molecule has 4 unspecified atom stereocenters. The van der Waals surface area contributed by atoms with Gasteiger partial charge in [-0.3, -0.25) is 13.6 Å². The Hall–Kier alpha value is 0.480. The number of rotatable bonds is 0. The number of phosphoric acid groups is 1. The molecule has 0 radical (unpaired) electrons. The third kappa shape index (κ3) is 4.55. The summed E-state index contributed by atoms with van der Waals surface area (Å²) < 4.78 is 43.7. The Balaban J connectivity index is 1.85. The van der Waals surface area contributed by atoms with Gasteiger partial charge in [-0.2, -0.15) is 0 Å². The first-order chi connectivity index (χ1) is 12.0. The first-order valence-electron chi connectivity index (χ1n) is 7.97. The molecule has 26 heavy (non-hydrogen) atoms. The molecule has 3 aliphatic rings. The fourth-order valence-corrected chi connectivity index (χ4v) is 5.48. The van der Waals surface area contributed by atoms with Crippen LogP contribution in [0.3, 0.4) is 0 Å². The van der Waals surface area contributed by atoms with Gasteiger partial charge in [0.15, 0.2) is 0 Å². The minimum Gasteiger partial charge on any atom is -0.388 e. The van der Waals surface area contributed by atoms with E-state index < -0.39 is 70.0 Å². The maximum Gasteiger partial charge on any atom is 0.472 e. The van der Waals surface area contributed by atoms with Crippen molar-refractivity contribution in [2.24, 2.45) is 0 Å². The first-order valence-corrected chi connectivity index (χ1v) is 12.1. The maximum atomic E-state index is 12.2. The lowest BCUT2D eigenvalue weighted by Crippen LogP contribution is -2.39. The van der Waals surface area contributed by atoms with Gasteiger partial charge in [0.05, 0.1) is 25.4 Å². The number of phosphoric ester groups is 1. The van der Waals surface area contributed by atoms with Crippen LogP contribution >= 0.6 is 14.5 Å². The molecule has 14 heteroatoms. The highest BCUT2D eigenvalue weighted by atomic mass is 32.5. The average Bonchev–Trinajstić information content (AvgIpc) is 2.95. The molecule has 3 heterocycles. The SMILES string of the molecule is C[C@@H]1O[C@@H]2COP(O)(=S)OC3[C@@H](COP(=O)(O)O[C@@H]2C1O)O[C@@H](C)[C@H]3O. The van der Waals surface area contributed by atoms with Crippen LogP contribution in [0.5, 0.6) is 0 Å². The molecule has 152 valence electrons. The zero-order valence-corrected chi connectivity index (χ0v) is 16.6. The summed E-state index contributed by atoms with van der Waals surface area (Å²) in [5, 5.41) is 20.3. The molecule has 0 spiro atoms. The summed E-state index contributed by atoms with van der Waals surface area (Å²) in [6.07, 6.45) is -8.08. The normalized spacial score (nSPS) is 56.2. The number of aliphatic hydroxyl groups excluding tert-OH is 2. The topological polar surface area (TPSA) is 153 Å². The standard InChI is InChI=1S/C12H22O11P2S/c1-5-9(13)11-8(21-5)4-19-25(17,26)23-12-7(20-6(2)10(12)14)3-18-24(15,16)22-11/h5-14H,3-4H2,1-2H3,(H,15,16)(H,17,26)/t5-,6-,7+,8+,9?,10+,11-,12?,25?/m0/s1. The van der Waals surface area contributed by atoms with Crippen LogP contribution in [0.1, 0.15) is 13.8 Å². The number of hydrogen-bond donors (Lipinski definition) is 4. The smallest absolute Gasteiger partial charge is 0.388 e. The quantitative estimate of drug-likeness (QED) is 0.359. The largest absolute Gasteiger partial charge is 0.472 e. The molecule has 0 saturated carbocycles. The van der Waals surface area contributed by atoms with Crippen molar-refractivity contribution in [2.45, 2.75) is 62.7 Å². The Labute approximate surface area is 155 Å². The van der Waals surface area contributed by atoms with E-state index >= 15 is 0 Å². The molecule has 3 aliphatic heterocycles. The molecular weight excluding hydrogens is 414 g/mol. The summed E-state index contributed by atoms with van der Waals surface area (Å²) in [6, 6.07) is 0. The third-order valence-corrected chi connectivity index (χ3v) is 7.01. The van der Waals surface area contributed by atoms with E-state index in [0.29, 0.717) is 0 Å². The van der Waals surface area contributed by atoms with Crippen LogP contribution < -0.4 is 0 Å². The van der Waals surface area contributed by atoms with Gasteiger partial charge in [-0.25, -0.2) is 4.57 Å². The van der Waals surface area contributed by atoms with Gasteiger partial charge in [0.1, 0.15) is 36.6 Å². The predicted octanol–water partition coefficient (Wildman–Crippen LogP) is -0.583. The highest BCUT2D eigenvalue weighted by molar-refractivity contribution is 8.07. The number of ether oxygens (including phenoxy) is 2. The predicted molar refractivity (Wildman–Crippen MR) is 88.7 cm³/mol. The molecule has 0 aromatic carbocycles. The maximum absolute atomic E-state index is 12.2. The monoisotopic (exact) mass is 436 g/mol. The lowest BCUT2D eigenvalue weighted by molar-refractivity contribution is -0.0465. The van der Waals surface area contributed by atoms with Crippen LogP contribution in [0.25, 0.3) is 0 Å². The summed E-state index contributed by atoms with van der Waals surface area (Å²) >= 11 is 4.96. The zero-order valence-electron chi connectivity index (χ0n) is 14.0. The van der Waals surface area contributed by atoms with Gasteiger partial charge < -0.3 is 34.0 Å². The van der Waals surface area contributed by atoms with Crippen LogP contribution in [0, 0.1) is 0 Å². The molecule has 3 fully saturated rings. The molecule has 0 aromatic rings. The molecule has 11 nitrogen and oxygen atoms in total. The van der Waals surface area contributed by atoms with E-state index in [1.165, 1.54) is 0 Å². The van der Waals surface area contributed by atoms with Crippen molar-refractivity contribution >= 4 is 26.3 Å². The van der Waals surface area contributed by atoms with Gasteiger partial charge in [-0.05, 0) is 25.7 Å². The third-order valence-electron chi connectivity index (χ3n) is 4.46. The number of hydrogen-bond acceptors (Lipinski definition) is 10. The van der Waals surface area contributed by atoms with Gasteiger partial charge in [0.2, 0.25) is 0 Å². The van der Waals surface area contributed by atoms with Crippen molar-refractivity contribution in [3.63, 3.8) is 0 Å². The first kappa shape index (κ1) is 21.2. The summed E-state index contributed by atoms with van der Waals surface area (Å²) in [5.41, 5.74) is 0. The molecule has 4 N–H and O–H groups in total. The van der Waals surface area contributed by atoms with Crippen LogP contribution in [-0.2, 0) is 43.9 Å². The second-order valence-electron chi connectivity index (χ2n) is 6.41. The lowest BCUT2D eigenvalue weighted by Gasteiger charge is -2.29. The van der Waals surface area contributed by atoms with Crippen molar-refractivity contribution in [3.8, 4) is 0 Å². The molecule has 0 amide bonds. The van der Waals surface area contributed by atoms with E-state index in [2.05, 4.69) is 0 Å². The van der Waals surface area contributed by atoms with Crippen LogP contribution in [0.4, 0.5) is 0 Å². The van der Waals surface area contributed by atoms with Crippen molar-refractivity contribution in [2.75, 3.05) is 13.2 Å². The van der Waals surface area contributed by atoms with E-state index in [1.807, 2.05) is 0 Å². The number of fused-ring (bicyclic) bond motifs is 2. The van der Waals surface area contributed by atoms with Crippen molar-refractivity contribution < 1.29 is 52.1 Å². The van der Waals surface area contributed by atoms with E-state index in [4.69, 9.17) is 39.4 Å². The van der Waals surface area contributed by atoms with E-state index in [9.17, 15) is 24.6 Å². The second-order valence-corrected chi connectivity index (χ2v) is 10.6. The van der Waals surface area contributed by atoms with Gasteiger partial charge in [0.25, 0.3) is 0 Å². The van der Waals surface area contributed by atoms with Crippen LogP contribution in [0.15, 0.2) is 0 Å².